The maximum absolute atomic E-state index is 12.1. The number of likely N-dealkylation sites (tertiary alicyclic amines) is 1. The van der Waals surface area contributed by atoms with E-state index in [9.17, 15) is 8.42 Å². The topological polar surface area (TPSA) is 90.5 Å². The van der Waals surface area contributed by atoms with Crippen molar-refractivity contribution in [3.8, 4) is 5.75 Å². The van der Waals surface area contributed by atoms with Crippen LogP contribution in [-0.2, 0) is 23.5 Å². The first-order valence-electron chi connectivity index (χ1n) is 8.66. The lowest BCUT2D eigenvalue weighted by Gasteiger charge is -2.41. The van der Waals surface area contributed by atoms with Crippen molar-refractivity contribution in [3.63, 3.8) is 0 Å². The Kier molecular flexibility index (Phi) is 5.09. The van der Waals surface area contributed by atoms with Crippen molar-refractivity contribution in [1.29, 1.82) is 0 Å². The van der Waals surface area contributed by atoms with E-state index in [1.54, 1.807) is 18.8 Å². The molecule has 3 rings (SSSR count). The number of nitrogens with two attached hydrogens (primary N) is 1. The van der Waals surface area contributed by atoms with Gasteiger partial charge in [-0.2, -0.15) is 5.10 Å². The molecule has 1 aromatic carbocycles. The molecule has 0 spiro atoms. The molecule has 7 nitrogen and oxygen atoms in total. The number of hydrogen-bond acceptors (Lipinski definition) is 5. The van der Waals surface area contributed by atoms with Gasteiger partial charge in [0.15, 0.2) is 5.03 Å². The lowest BCUT2D eigenvalue weighted by Crippen LogP contribution is -2.46. The SMILES string of the molecule is COc1ccc(Cc2c(S(N)(=O)=O)nn(C)c2C(C)N2CC(C)C2)cc1. The van der Waals surface area contributed by atoms with Gasteiger partial charge >= 0.3 is 0 Å². The summed E-state index contributed by atoms with van der Waals surface area (Å²) in [5.41, 5.74) is 2.55. The van der Waals surface area contributed by atoms with Crippen molar-refractivity contribution in [2.75, 3.05) is 20.2 Å². The van der Waals surface area contributed by atoms with Gasteiger partial charge in [-0.1, -0.05) is 19.1 Å². The predicted octanol–water partition coefficient (Wildman–Crippen LogP) is 1.68. The summed E-state index contributed by atoms with van der Waals surface area (Å²) < 4.78 is 31.1. The van der Waals surface area contributed by atoms with Gasteiger partial charge in [-0.3, -0.25) is 9.58 Å². The first kappa shape index (κ1) is 18.9. The molecule has 0 amide bonds. The molecule has 1 saturated heterocycles. The van der Waals surface area contributed by atoms with Gasteiger partial charge in [0, 0.05) is 38.2 Å². The summed E-state index contributed by atoms with van der Waals surface area (Å²) >= 11 is 0. The van der Waals surface area contributed by atoms with Gasteiger partial charge in [0.25, 0.3) is 10.0 Å². The van der Waals surface area contributed by atoms with Crippen LogP contribution in [0.25, 0.3) is 0 Å². The van der Waals surface area contributed by atoms with Crippen LogP contribution in [0.15, 0.2) is 29.3 Å². The first-order chi connectivity index (χ1) is 12.2. The number of hydrogen-bond donors (Lipinski definition) is 1. The average Bonchev–Trinajstić information content (AvgIpc) is 2.88. The second-order valence-corrected chi connectivity index (χ2v) is 8.57. The maximum Gasteiger partial charge on any atom is 0.257 e. The number of aryl methyl sites for hydroxylation is 1. The molecule has 1 atom stereocenters. The summed E-state index contributed by atoms with van der Waals surface area (Å²) in [6.45, 7) is 6.30. The van der Waals surface area contributed by atoms with Gasteiger partial charge in [0.05, 0.1) is 12.8 Å². The van der Waals surface area contributed by atoms with Crippen LogP contribution in [0.4, 0.5) is 0 Å². The minimum atomic E-state index is -3.90. The Balaban J connectivity index is 2.02. The van der Waals surface area contributed by atoms with Gasteiger partial charge in [-0.05, 0) is 30.5 Å². The van der Waals surface area contributed by atoms with E-state index in [1.165, 1.54) is 0 Å². The van der Waals surface area contributed by atoms with Crippen LogP contribution in [0.3, 0.4) is 0 Å². The zero-order valence-electron chi connectivity index (χ0n) is 15.6. The van der Waals surface area contributed by atoms with Crippen LogP contribution >= 0.6 is 0 Å². The van der Waals surface area contributed by atoms with Crippen molar-refractivity contribution in [2.24, 2.45) is 18.1 Å². The number of nitrogens with zero attached hydrogens (tertiary/aromatic N) is 3. The molecule has 0 radical (unpaired) electrons. The summed E-state index contributed by atoms with van der Waals surface area (Å²) in [6.07, 6.45) is 0.451. The third kappa shape index (κ3) is 3.62. The van der Waals surface area contributed by atoms with E-state index in [4.69, 9.17) is 9.88 Å². The van der Waals surface area contributed by atoms with Crippen molar-refractivity contribution in [2.45, 2.75) is 31.3 Å². The summed E-state index contributed by atoms with van der Waals surface area (Å²) in [6, 6.07) is 7.66. The van der Waals surface area contributed by atoms with E-state index in [1.807, 2.05) is 24.3 Å². The van der Waals surface area contributed by atoms with Crippen molar-refractivity contribution in [1.82, 2.24) is 14.7 Å². The molecule has 2 N–H and O–H groups in total. The summed E-state index contributed by atoms with van der Waals surface area (Å²) in [5.74, 6) is 1.42. The molecule has 1 unspecified atom stereocenters. The fraction of sp³-hybridized carbons (Fsp3) is 0.500. The van der Waals surface area contributed by atoms with Crippen LogP contribution in [0, 0.1) is 5.92 Å². The Morgan fingerprint density at radius 2 is 1.92 bits per heavy atom. The summed E-state index contributed by atoms with van der Waals surface area (Å²) in [4.78, 5) is 2.33. The molecular weight excluding hydrogens is 352 g/mol. The first-order valence-corrected chi connectivity index (χ1v) is 10.2. The van der Waals surface area contributed by atoms with Gasteiger partial charge < -0.3 is 4.74 Å². The number of benzene rings is 1. The van der Waals surface area contributed by atoms with Gasteiger partial charge in [0.2, 0.25) is 0 Å². The van der Waals surface area contributed by atoms with Gasteiger partial charge in [0.1, 0.15) is 5.75 Å². The van der Waals surface area contributed by atoms with Crippen molar-refractivity contribution < 1.29 is 13.2 Å². The lowest BCUT2D eigenvalue weighted by atomic mass is 9.96. The second-order valence-electron chi connectivity index (χ2n) is 7.10. The van der Waals surface area contributed by atoms with Crippen LogP contribution in [-0.4, -0.2) is 43.3 Å². The molecule has 2 aromatic rings. The number of primary sulfonamides is 1. The highest BCUT2D eigenvalue weighted by molar-refractivity contribution is 7.89. The number of methoxy groups -OCH3 is 1. The molecule has 0 bridgehead atoms. The predicted molar refractivity (Wildman–Crippen MR) is 99.5 cm³/mol. The van der Waals surface area contributed by atoms with E-state index in [0.29, 0.717) is 17.9 Å². The Bertz CT molecular complexity index is 884. The minimum Gasteiger partial charge on any atom is -0.497 e. The van der Waals surface area contributed by atoms with E-state index in [0.717, 1.165) is 30.1 Å². The lowest BCUT2D eigenvalue weighted by molar-refractivity contribution is 0.0662. The molecule has 142 valence electrons. The third-order valence-corrected chi connectivity index (χ3v) is 5.87. The highest BCUT2D eigenvalue weighted by Crippen LogP contribution is 2.33. The Hall–Kier alpha value is -1.90. The minimum absolute atomic E-state index is 0.0359. The Labute approximate surface area is 154 Å². The molecule has 1 aliphatic rings. The van der Waals surface area contributed by atoms with Crippen LogP contribution in [0.2, 0.25) is 0 Å². The van der Waals surface area contributed by atoms with Crippen molar-refractivity contribution >= 4 is 10.0 Å². The maximum atomic E-state index is 12.1. The van der Waals surface area contributed by atoms with Crippen LogP contribution in [0.1, 0.15) is 36.7 Å². The molecule has 2 heterocycles. The van der Waals surface area contributed by atoms with E-state index >= 15 is 0 Å². The molecule has 0 saturated carbocycles. The monoisotopic (exact) mass is 378 g/mol. The van der Waals surface area contributed by atoms with E-state index < -0.39 is 10.0 Å². The standard InChI is InChI=1S/C18H26N4O3S/c1-12-10-22(11-12)13(2)17-16(18(20-21(17)3)26(19,23)24)9-14-5-7-15(25-4)8-6-14/h5-8,12-13H,9-11H2,1-4H3,(H2,19,23,24). The number of sulfonamides is 1. The molecule has 1 fully saturated rings. The number of ether oxygens (including phenoxy) is 1. The van der Waals surface area contributed by atoms with Gasteiger partial charge in [-0.25, -0.2) is 13.6 Å². The molecule has 8 heteroatoms. The Morgan fingerprint density at radius 1 is 1.31 bits per heavy atom. The molecular formula is C18H26N4O3S. The second kappa shape index (κ2) is 7.02. The molecule has 1 aromatic heterocycles. The Morgan fingerprint density at radius 3 is 2.42 bits per heavy atom. The zero-order valence-corrected chi connectivity index (χ0v) is 16.5. The highest BCUT2D eigenvalue weighted by Gasteiger charge is 2.33. The molecule has 26 heavy (non-hydrogen) atoms. The normalized spacial score (nSPS) is 17.1. The third-order valence-electron chi connectivity index (χ3n) is 5.00. The largest absolute Gasteiger partial charge is 0.497 e. The van der Waals surface area contributed by atoms with Crippen molar-refractivity contribution in [3.05, 3.63) is 41.1 Å². The fourth-order valence-electron chi connectivity index (χ4n) is 3.66. The fourth-order valence-corrected chi connectivity index (χ4v) is 4.41. The van der Waals surface area contributed by atoms with Crippen LogP contribution in [0.5, 0.6) is 5.75 Å². The van der Waals surface area contributed by atoms with E-state index in [-0.39, 0.29) is 11.1 Å². The quantitative estimate of drug-likeness (QED) is 0.826. The number of rotatable bonds is 6. The van der Waals surface area contributed by atoms with Crippen LogP contribution < -0.4 is 9.88 Å². The molecule has 0 aliphatic carbocycles. The summed E-state index contributed by atoms with van der Waals surface area (Å²) in [5, 5.41) is 9.66. The van der Waals surface area contributed by atoms with Gasteiger partial charge in [-0.15, -0.1) is 0 Å². The number of aromatic nitrogens is 2. The highest BCUT2D eigenvalue weighted by atomic mass is 32.2. The zero-order chi connectivity index (χ0) is 19.1. The molecule has 1 aliphatic heterocycles. The average molecular weight is 378 g/mol. The van der Waals surface area contributed by atoms with E-state index in [2.05, 4.69) is 23.8 Å². The summed E-state index contributed by atoms with van der Waals surface area (Å²) in [7, 11) is -0.509. The smallest absolute Gasteiger partial charge is 0.257 e.